The number of carbonyl (C=O) groups is 1. The summed E-state index contributed by atoms with van der Waals surface area (Å²) in [5.74, 6) is 0.584. The van der Waals surface area contributed by atoms with Gasteiger partial charge in [-0.1, -0.05) is 0 Å². The van der Waals surface area contributed by atoms with Crippen molar-refractivity contribution in [3.63, 3.8) is 0 Å². The molecule has 1 heterocycles. The smallest absolute Gasteiger partial charge is 0.255 e. The minimum Gasteiger partial charge on any atom is -0.506 e. The van der Waals surface area contributed by atoms with Crippen molar-refractivity contribution < 1.29 is 9.90 Å². The molecule has 1 atom stereocenters. The highest BCUT2D eigenvalue weighted by Gasteiger charge is 2.32. The van der Waals surface area contributed by atoms with Gasteiger partial charge < -0.3 is 10.0 Å². The van der Waals surface area contributed by atoms with Crippen LogP contribution in [-0.4, -0.2) is 34.0 Å². The summed E-state index contributed by atoms with van der Waals surface area (Å²) < 4.78 is 0. The van der Waals surface area contributed by atoms with Crippen LogP contribution in [0.1, 0.15) is 30.1 Å². The van der Waals surface area contributed by atoms with Crippen LogP contribution in [0.25, 0.3) is 0 Å². The molecule has 1 saturated carbocycles. The average Bonchev–Trinajstić information content (AvgIpc) is 3.10. The Morgan fingerprint density at radius 3 is 2.81 bits per heavy atom. The Morgan fingerprint density at radius 1 is 1.56 bits per heavy atom. The predicted octanol–water partition coefficient (Wildman–Crippen LogP) is 1.66. The normalized spacial score (nSPS) is 16.9. The highest BCUT2D eigenvalue weighted by molar-refractivity contribution is 5.94. The third kappa shape index (κ3) is 2.15. The maximum absolute atomic E-state index is 12.0. The average molecular weight is 220 g/mol. The molecule has 1 unspecified atom stereocenters. The molecule has 1 aliphatic carbocycles. The summed E-state index contributed by atoms with van der Waals surface area (Å²) in [6, 6.07) is 1.71. The van der Waals surface area contributed by atoms with Gasteiger partial charge in [0.2, 0.25) is 0 Å². The van der Waals surface area contributed by atoms with Gasteiger partial charge in [0.05, 0.1) is 11.8 Å². The zero-order chi connectivity index (χ0) is 11.7. The predicted molar refractivity (Wildman–Crippen MR) is 60.2 cm³/mol. The van der Waals surface area contributed by atoms with Crippen LogP contribution in [0.3, 0.4) is 0 Å². The van der Waals surface area contributed by atoms with Crippen molar-refractivity contribution >= 4 is 5.91 Å². The molecule has 4 nitrogen and oxygen atoms in total. The van der Waals surface area contributed by atoms with Gasteiger partial charge in [-0.3, -0.25) is 9.78 Å². The fourth-order valence-electron chi connectivity index (χ4n) is 1.83. The Hall–Kier alpha value is -1.58. The summed E-state index contributed by atoms with van der Waals surface area (Å²) in [7, 11) is 1.80. The molecule has 1 aliphatic rings. The molecule has 1 aromatic heterocycles. The first-order chi connectivity index (χ1) is 7.59. The topological polar surface area (TPSA) is 53.4 Å². The lowest BCUT2D eigenvalue weighted by atomic mass is 10.1. The Balaban J connectivity index is 2.11. The van der Waals surface area contributed by atoms with Gasteiger partial charge >= 0.3 is 0 Å². The third-order valence-electron chi connectivity index (χ3n) is 3.21. The Bertz CT molecular complexity index is 402. The summed E-state index contributed by atoms with van der Waals surface area (Å²) in [6.45, 7) is 2.06. The second-order valence-electron chi connectivity index (χ2n) is 4.43. The van der Waals surface area contributed by atoms with Gasteiger partial charge in [-0.25, -0.2) is 0 Å². The van der Waals surface area contributed by atoms with Crippen LogP contribution in [0.15, 0.2) is 18.5 Å². The number of nitrogens with zero attached hydrogens (tertiary/aromatic N) is 2. The van der Waals surface area contributed by atoms with Gasteiger partial charge in [0, 0.05) is 19.3 Å². The quantitative estimate of drug-likeness (QED) is 0.842. The van der Waals surface area contributed by atoms with E-state index in [2.05, 4.69) is 11.9 Å². The highest BCUT2D eigenvalue weighted by atomic mass is 16.3. The number of hydrogen-bond acceptors (Lipinski definition) is 3. The van der Waals surface area contributed by atoms with E-state index in [1.165, 1.54) is 31.3 Å². The molecular formula is C12H16N2O2. The van der Waals surface area contributed by atoms with Crippen molar-refractivity contribution in [3.8, 4) is 5.75 Å². The molecule has 0 spiro atoms. The number of aromatic hydroxyl groups is 1. The summed E-state index contributed by atoms with van der Waals surface area (Å²) in [5.41, 5.74) is 0.440. The van der Waals surface area contributed by atoms with E-state index < -0.39 is 0 Å². The molecule has 1 aromatic rings. The number of rotatable bonds is 3. The highest BCUT2D eigenvalue weighted by Crippen LogP contribution is 2.35. The fourth-order valence-corrected chi connectivity index (χ4v) is 1.83. The molecule has 0 aliphatic heterocycles. The number of aromatic nitrogens is 1. The van der Waals surface area contributed by atoms with Crippen LogP contribution >= 0.6 is 0 Å². The summed E-state index contributed by atoms with van der Waals surface area (Å²) in [4.78, 5) is 17.6. The van der Waals surface area contributed by atoms with Crippen LogP contribution < -0.4 is 0 Å². The molecule has 0 radical (unpaired) electrons. The van der Waals surface area contributed by atoms with Gasteiger partial charge in [0.25, 0.3) is 5.91 Å². The standard InChI is InChI=1S/C12H16N2O2/c1-8(9-3-4-9)14(2)12(16)10-5-11(15)7-13-6-10/h5-9,15H,3-4H2,1-2H3. The van der Waals surface area contributed by atoms with Crippen LogP contribution in [0, 0.1) is 5.92 Å². The maximum atomic E-state index is 12.0. The Morgan fingerprint density at radius 2 is 2.25 bits per heavy atom. The van der Waals surface area contributed by atoms with Crippen molar-refractivity contribution in [2.24, 2.45) is 5.92 Å². The largest absolute Gasteiger partial charge is 0.506 e. The summed E-state index contributed by atoms with van der Waals surface area (Å²) >= 11 is 0. The minimum atomic E-state index is -0.0807. The van der Waals surface area contributed by atoms with E-state index in [0.717, 1.165) is 0 Å². The van der Waals surface area contributed by atoms with Gasteiger partial charge in [0.1, 0.15) is 5.75 Å². The molecular weight excluding hydrogens is 204 g/mol. The van der Waals surface area contributed by atoms with E-state index in [-0.39, 0.29) is 17.7 Å². The second-order valence-corrected chi connectivity index (χ2v) is 4.43. The zero-order valence-corrected chi connectivity index (χ0v) is 9.55. The molecule has 0 saturated heterocycles. The summed E-state index contributed by atoms with van der Waals surface area (Å²) in [6.07, 6.45) is 5.22. The molecule has 2 rings (SSSR count). The zero-order valence-electron chi connectivity index (χ0n) is 9.55. The first-order valence-electron chi connectivity index (χ1n) is 5.51. The lowest BCUT2D eigenvalue weighted by Gasteiger charge is -2.24. The number of hydrogen-bond donors (Lipinski definition) is 1. The molecule has 16 heavy (non-hydrogen) atoms. The third-order valence-corrected chi connectivity index (χ3v) is 3.21. The van der Waals surface area contributed by atoms with Crippen LogP contribution in [0.2, 0.25) is 0 Å². The molecule has 86 valence electrons. The van der Waals surface area contributed by atoms with Crippen LogP contribution in [0.4, 0.5) is 0 Å². The maximum Gasteiger partial charge on any atom is 0.255 e. The van der Waals surface area contributed by atoms with Crippen molar-refractivity contribution in [2.75, 3.05) is 7.05 Å². The fraction of sp³-hybridized carbons (Fsp3) is 0.500. The minimum absolute atomic E-state index is 0.0262. The van der Waals surface area contributed by atoms with Crippen molar-refractivity contribution in [1.29, 1.82) is 0 Å². The second kappa shape index (κ2) is 4.12. The van der Waals surface area contributed by atoms with Crippen LogP contribution in [-0.2, 0) is 0 Å². The van der Waals surface area contributed by atoms with E-state index in [1.54, 1.807) is 11.9 Å². The lowest BCUT2D eigenvalue weighted by Crippen LogP contribution is -2.36. The van der Waals surface area contributed by atoms with E-state index >= 15 is 0 Å². The summed E-state index contributed by atoms with van der Waals surface area (Å²) in [5, 5.41) is 9.27. The van der Waals surface area contributed by atoms with E-state index in [4.69, 9.17) is 0 Å². The van der Waals surface area contributed by atoms with Crippen LogP contribution in [0.5, 0.6) is 5.75 Å². The lowest BCUT2D eigenvalue weighted by molar-refractivity contribution is 0.0726. The Kier molecular flexibility index (Phi) is 2.81. The monoisotopic (exact) mass is 220 g/mol. The van der Waals surface area contributed by atoms with Gasteiger partial charge in [-0.05, 0) is 31.7 Å². The van der Waals surface area contributed by atoms with E-state index in [0.29, 0.717) is 11.5 Å². The molecule has 0 aromatic carbocycles. The van der Waals surface area contributed by atoms with Crippen molar-refractivity contribution in [1.82, 2.24) is 9.88 Å². The van der Waals surface area contributed by atoms with Gasteiger partial charge in [0.15, 0.2) is 0 Å². The van der Waals surface area contributed by atoms with E-state index in [1.807, 2.05) is 0 Å². The number of amides is 1. The molecule has 0 bridgehead atoms. The van der Waals surface area contributed by atoms with Gasteiger partial charge in [-0.15, -0.1) is 0 Å². The Labute approximate surface area is 94.9 Å². The number of pyridine rings is 1. The molecule has 4 heteroatoms. The first-order valence-corrected chi connectivity index (χ1v) is 5.51. The molecule has 1 N–H and O–H groups in total. The van der Waals surface area contributed by atoms with Crippen molar-refractivity contribution in [3.05, 3.63) is 24.0 Å². The van der Waals surface area contributed by atoms with Gasteiger partial charge in [-0.2, -0.15) is 0 Å². The van der Waals surface area contributed by atoms with Crippen molar-refractivity contribution in [2.45, 2.75) is 25.8 Å². The molecule has 1 fully saturated rings. The number of carbonyl (C=O) groups excluding carboxylic acids is 1. The SMILES string of the molecule is CC(C1CC1)N(C)C(=O)c1cncc(O)c1. The first kappa shape index (κ1) is 10.9. The van der Waals surface area contributed by atoms with E-state index in [9.17, 15) is 9.90 Å². The molecule has 1 amide bonds.